The summed E-state index contributed by atoms with van der Waals surface area (Å²) in [6, 6.07) is 11.1. The topological polar surface area (TPSA) is 101 Å². The Morgan fingerprint density at radius 3 is 2.61 bits per heavy atom. The average molecular weight is 415 g/mol. The summed E-state index contributed by atoms with van der Waals surface area (Å²) in [4.78, 5) is 20.7. The van der Waals surface area contributed by atoms with Gasteiger partial charge in [-0.2, -0.15) is 0 Å². The molecule has 7 nitrogen and oxygen atoms in total. The summed E-state index contributed by atoms with van der Waals surface area (Å²) >= 11 is 1.21. The van der Waals surface area contributed by atoms with E-state index in [-0.39, 0.29) is 17.7 Å². The number of aromatic nitrogens is 2. The van der Waals surface area contributed by atoms with E-state index in [1.165, 1.54) is 11.3 Å². The number of nitrogens with one attached hydrogen (secondary N) is 2. The molecule has 1 saturated carbocycles. The van der Waals surface area contributed by atoms with E-state index in [2.05, 4.69) is 20.0 Å². The second-order valence-corrected chi connectivity index (χ2v) is 9.31. The van der Waals surface area contributed by atoms with Gasteiger partial charge in [-0.25, -0.2) is 13.4 Å². The zero-order valence-corrected chi connectivity index (χ0v) is 16.5. The second-order valence-electron chi connectivity index (χ2n) is 6.49. The van der Waals surface area contributed by atoms with Crippen LogP contribution in [0, 0.1) is 0 Å². The summed E-state index contributed by atoms with van der Waals surface area (Å²) in [7, 11) is -3.32. The molecule has 2 N–H and O–H groups in total. The summed E-state index contributed by atoms with van der Waals surface area (Å²) in [6.07, 6.45) is 4.88. The molecule has 1 amide bonds. The van der Waals surface area contributed by atoms with Gasteiger partial charge in [-0.15, -0.1) is 11.3 Å². The molecule has 3 aromatic rings. The predicted molar refractivity (Wildman–Crippen MR) is 109 cm³/mol. The van der Waals surface area contributed by atoms with Crippen molar-refractivity contribution in [2.24, 2.45) is 0 Å². The monoisotopic (exact) mass is 414 g/mol. The molecule has 1 fully saturated rings. The number of anilines is 1. The Balaban J connectivity index is 1.34. The molecule has 1 aliphatic rings. The minimum Gasteiger partial charge on any atom is -0.346 e. The Hall–Kier alpha value is -2.78. The number of carbonyl (C=O) groups excluding carboxylic acids is 1. The summed E-state index contributed by atoms with van der Waals surface area (Å²) in [5.41, 5.74) is 3.12. The van der Waals surface area contributed by atoms with Gasteiger partial charge in [0.2, 0.25) is 10.0 Å². The van der Waals surface area contributed by atoms with Crippen LogP contribution in [0.2, 0.25) is 0 Å². The third-order valence-corrected chi connectivity index (χ3v) is 7.08. The van der Waals surface area contributed by atoms with E-state index in [1.807, 2.05) is 24.3 Å². The summed E-state index contributed by atoms with van der Waals surface area (Å²) in [5, 5.41) is 4.57. The Morgan fingerprint density at radius 2 is 1.93 bits per heavy atom. The first-order valence-electron chi connectivity index (χ1n) is 8.76. The Labute approximate surface area is 166 Å². The SMILES string of the molecule is O=C(NCc1csc(NS(=O)(=O)C2CC2)n1)c1ccc(-c2cccnc2)cc1. The van der Waals surface area contributed by atoms with Crippen molar-refractivity contribution in [2.75, 3.05) is 4.72 Å². The molecule has 9 heteroatoms. The molecule has 0 unspecified atom stereocenters. The van der Waals surface area contributed by atoms with Crippen molar-refractivity contribution in [3.63, 3.8) is 0 Å². The molecule has 0 spiro atoms. The number of hydrogen-bond acceptors (Lipinski definition) is 6. The van der Waals surface area contributed by atoms with Gasteiger partial charge in [0.1, 0.15) is 0 Å². The maximum Gasteiger partial charge on any atom is 0.251 e. The smallest absolute Gasteiger partial charge is 0.251 e. The van der Waals surface area contributed by atoms with Gasteiger partial charge in [0, 0.05) is 23.3 Å². The normalized spacial score (nSPS) is 13.9. The van der Waals surface area contributed by atoms with Crippen LogP contribution in [0.5, 0.6) is 0 Å². The molecule has 2 aromatic heterocycles. The third-order valence-electron chi connectivity index (χ3n) is 4.32. The first-order chi connectivity index (χ1) is 13.5. The van der Waals surface area contributed by atoms with Crippen LogP contribution in [0.25, 0.3) is 11.1 Å². The van der Waals surface area contributed by atoms with Gasteiger partial charge in [0.05, 0.1) is 17.5 Å². The highest BCUT2D eigenvalue weighted by Gasteiger charge is 2.36. The lowest BCUT2D eigenvalue weighted by Gasteiger charge is -2.05. The van der Waals surface area contributed by atoms with Crippen LogP contribution in [0.1, 0.15) is 28.9 Å². The minimum atomic E-state index is -3.32. The van der Waals surface area contributed by atoms with Gasteiger partial charge in [-0.1, -0.05) is 18.2 Å². The Morgan fingerprint density at radius 1 is 1.14 bits per heavy atom. The van der Waals surface area contributed by atoms with Crippen molar-refractivity contribution >= 4 is 32.4 Å². The highest BCUT2D eigenvalue weighted by atomic mass is 32.2. The largest absolute Gasteiger partial charge is 0.346 e. The highest BCUT2D eigenvalue weighted by molar-refractivity contribution is 7.93. The zero-order valence-electron chi connectivity index (χ0n) is 14.8. The zero-order chi connectivity index (χ0) is 19.6. The molecule has 4 rings (SSSR count). The first-order valence-corrected chi connectivity index (χ1v) is 11.2. The van der Waals surface area contributed by atoms with Crippen molar-refractivity contribution in [3.05, 3.63) is 65.4 Å². The molecule has 144 valence electrons. The molecule has 0 aliphatic heterocycles. The molecule has 0 radical (unpaired) electrons. The van der Waals surface area contributed by atoms with Gasteiger partial charge >= 0.3 is 0 Å². The maximum absolute atomic E-state index is 12.3. The lowest BCUT2D eigenvalue weighted by molar-refractivity contribution is 0.0950. The number of rotatable bonds is 7. The van der Waals surface area contributed by atoms with Crippen LogP contribution in [-0.4, -0.2) is 29.5 Å². The van der Waals surface area contributed by atoms with E-state index in [0.29, 0.717) is 29.2 Å². The standard InChI is InChI=1S/C19H18N4O3S2/c24-18(14-5-3-13(4-6-14)15-2-1-9-20-10-15)21-11-16-12-27-19(22-16)23-28(25,26)17-7-8-17/h1-6,9-10,12,17H,7-8,11H2,(H,21,24)(H,22,23). The Bertz CT molecular complexity index is 1080. The van der Waals surface area contributed by atoms with Crippen LogP contribution in [0.15, 0.2) is 54.2 Å². The van der Waals surface area contributed by atoms with Crippen molar-refractivity contribution in [3.8, 4) is 11.1 Å². The minimum absolute atomic E-state index is 0.217. The summed E-state index contributed by atoms with van der Waals surface area (Å²) in [5.74, 6) is -0.217. The van der Waals surface area contributed by atoms with Crippen LogP contribution >= 0.6 is 11.3 Å². The molecule has 2 heterocycles. The van der Waals surface area contributed by atoms with Crippen LogP contribution in [-0.2, 0) is 16.6 Å². The molecule has 1 aliphatic carbocycles. The van der Waals surface area contributed by atoms with Gasteiger partial charge in [0.25, 0.3) is 5.91 Å². The molecule has 1 aromatic carbocycles. The van der Waals surface area contributed by atoms with E-state index < -0.39 is 10.0 Å². The van der Waals surface area contributed by atoms with E-state index in [0.717, 1.165) is 11.1 Å². The number of amides is 1. The lowest BCUT2D eigenvalue weighted by atomic mass is 10.1. The fourth-order valence-corrected chi connectivity index (χ4v) is 4.95. The summed E-state index contributed by atoms with van der Waals surface area (Å²) < 4.78 is 26.4. The molecule has 28 heavy (non-hydrogen) atoms. The number of nitrogens with zero attached hydrogens (tertiary/aromatic N) is 2. The number of hydrogen-bond donors (Lipinski definition) is 2. The Kier molecular flexibility index (Phi) is 5.10. The molecular weight excluding hydrogens is 396 g/mol. The number of thiazole rings is 1. The number of benzene rings is 1. The highest BCUT2D eigenvalue weighted by Crippen LogP contribution is 2.30. The first kappa shape index (κ1) is 18.6. The van der Waals surface area contributed by atoms with Crippen molar-refractivity contribution in [2.45, 2.75) is 24.6 Å². The van der Waals surface area contributed by atoms with Crippen LogP contribution in [0.4, 0.5) is 5.13 Å². The van der Waals surface area contributed by atoms with Crippen LogP contribution < -0.4 is 10.0 Å². The van der Waals surface area contributed by atoms with E-state index in [1.54, 1.807) is 29.9 Å². The van der Waals surface area contributed by atoms with Gasteiger partial charge < -0.3 is 5.32 Å². The predicted octanol–water partition coefficient (Wildman–Crippen LogP) is 3.04. The molecular formula is C19H18N4O3S2. The van der Waals surface area contributed by atoms with Gasteiger partial charge in [-0.05, 0) is 42.2 Å². The van der Waals surface area contributed by atoms with E-state index in [4.69, 9.17) is 0 Å². The van der Waals surface area contributed by atoms with Crippen molar-refractivity contribution < 1.29 is 13.2 Å². The second kappa shape index (κ2) is 7.69. The van der Waals surface area contributed by atoms with Gasteiger partial charge in [-0.3, -0.25) is 14.5 Å². The molecule has 0 atom stereocenters. The van der Waals surface area contributed by atoms with E-state index in [9.17, 15) is 13.2 Å². The average Bonchev–Trinajstić information content (AvgIpc) is 3.49. The fraction of sp³-hybridized carbons (Fsp3) is 0.211. The van der Waals surface area contributed by atoms with Crippen LogP contribution in [0.3, 0.4) is 0 Å². The number of pyridine rings is 1. The number of carbonyl (C=O) groups is 1. The molecule has 0 saturated heterocycles. The quantitative estimate of drug-likeness (QED) is 0.619. The maximum atomic E-state index is 12.3. The lowest BCUT2D eigenvalue weighted by Crippen LogP contribution is -2.23. The van der Waals surface area contributed by atoms with Crippen molar-refractivity contribution in [1.82, 2.24) is 15.3 Å². The number of sulfonamides is 1. The van der Waals surface area contributed by atoms with Crippen molar-refractivity contribution in [1.29, 1.82) is 0 Å². The van der Waals surface area contributed by atoms with E-state index >= 15 is 0 Å². The molecule has 0 bridgehead atoms. The summed E-state index contributed by atoms with van der Waals surface area (Å²) in [6.45, 7) is 0.227. The third kappa shape index (κ3) is 4.37. The van der Waals surface area contributed by atoms with Gasteiger partial charge in [0.15, 0.2) is 5.13 Å². The fourth-order valence-electron chi connectivity index (χ4n) is 2.64.